The summed E-state index contributed by atoms with van der Waals surface area (Å²) in [6.45, 7) is 4.44. The highest BCUT2D eigenvalue weighted by Crippen LogP contribution is 2.27. The molecule has 2 amide bonds. The van der Waals surface area contributed by atoms with Crippen LogP contribution >= 0.6 is 0 Å². The van der Waals surface area contributed by atoms with Crippen molar-refractivity contribution in [2.75, 3.05) is 6.54 Å². The zero-order valence-electron chi connectivity index (χ0n) is 11.1. The topological polar surface area (TPSA) is 40.6 Å². The summed E-state index contributed by atoms with van der Waals surface area (Å²) in [5.41, 5.74) is 0. The summed E-state index contributed by atoms with van der Waals surface area (Å²) in [5.74, 6) is 2.72. The maximum atomic E-state index is 12.5. The van der Waals surface area contributed by atoms with Gasteiger partial charge in [0.15, 0.2) is 0 Å². The lowest BCUT2D eigenvalue weighted by molar-refractivity contribution is -0.165. The summed E-state index contributed by atoms with van der Waals surface area (Å²) >= 11 is 0. The highest BCUT2D eigenvalue weighted by atomic mass is 16.2. The summed E-state index contributed by atoms with van der Waals surface area (Å²) in [5, 5.41) is 0. The first-order valence-electron chi connectivity index (χ1n) is 6.64. The molecular weight excluding hydrogens is 228 g/mol. The van der Waals surface area contributed by atoms with E-state index in [-0.39, 0.29) is 29.9 Å². The second kappa shape index (κ2) is 5.01. The number of hydrogen-bond donors (Lipinski definition) is 0. The summed E-state index contributed by atoms with van der Waals surface area (Å²) in [6, 6.07) is -0.691. The van der Waals surface area contributed by atoms with E-state index in [9.17, 15) is 9.59 Å². The van der Waals surface area contributed by atoms with Gasteiger partial charge in [-0.05, 0) is 33.1 Å². The smallest absolute Gasteiger partial charge is 0.246 e. The first-order valence-corrected chi connectivity index (χ1v) is 6.64. The number of terminal acetylenes is 1. The monoisotopic (exact) mass is 248 g/mol. The lowest BCUT2D eigenvalue weighted by atomic mass is 9.94. The van der Waals surface area contributed by atoms with Crippen LogP contribution in [0.5, 0.6) is 0 Å². The van der Waals surface area contributed by atoms with Gasteiger partial charge in [-0.3, -0.25) is 9.59 Å². The average molecular weight is 248 g/mol. The maximum Gasteiger partial charge on any atom is 0.246 e. The number of fused-ring (bicyclic) bond motifs is 1. The molecule has 18 heavy (non-hydrogen) atoms. The van der Waals surface area contributed by atoms with E-state index >= 15 is 0 Å². The predicted molar refractivity (Wildman–Crippen MR) is 68.6 cm³/mol. The van der Waals surface area contributed by atoms with E-state index in [1.165, 1.54) is 0 Å². The van der Waals surface area contributed by atoms with Gasteiger partial charge < -0.3 is 9.80 Å². The third-order valence-electron chi connectivity index (χ3n) is 3.99. The van der Waals surface area contributed by atoms with Gasteiger partial charge in [0.05, 0.1) is 0 Å². The molecule has 2 fully saturated rings. The van der Waals surface area contributed by atoms with Gasteiger partial charge in [0.2, 0.25) is 11.8 Å². The lowest BCUT2D eigenvalue weighted by Crippen LogP contribution is -2.66. The minimum Gasteiger partial charge on any atom is -0.329 e. The van der Waals surface area contributed by atoms with Gasteiger partial charge in [0, 0.05) is 19.0 Å². The van der Waals surface area contributed by atoms with E-state index in [0.29, 0.717) is 6.42 Å². The van der Waals surface area contributed by atoms with Gasteiger partial charge in [0.1, 0.15) is 12.1 Å². The van der Waals surface area contributed by atoms with Gasteiger partial charge >= 0.3 is 0 Å². The summed E-state index contributed by atoms with van der Waals surface area (Å²) in [6.07, 6.45) is 8.62. The zero-order chi connectivity index (χ0) is 13.3. The number of piperidine rings is 1. The van der Waals surface area contributed by atoms with Crippen LogP contribution in [0.2, 0.25) is 0 Å². The van der Waals surface area contributed by atoms with Crippen LogP contribution in [0.15, 0.2) is 0 Å². The Labute approximate surface area is 108 Å². The fraction of sp³-hybridized carbons (Fsp3) is 0.714. The predicted octanol–water partition coefficient (Wildman–Crippen LogP) is 1.01. The van der Waals surface area contributed by atoms with Crippen molar-refractivity contribution >= 4 is 11.8 Å². The first kappa shape index (κ1) is 12.9. The van der Waals surface area contributed by atoms with Crippen molar-refractivity contribution in [1.29, 1.82) is 0 Å². The van der Waals surface area contributed by atoms with E-state index in [1.54, 1.807) is 16.7 Å². The zero-order valence-corrected chi connectivity index (χ0v) is 11.1. The molecule has 3 unspecified atom stereocenters. The molecule has 0 radical (unpaired) electrons. The van der Waals surface area contributed by atoms with Gasteiger partial charge in [-0.2, -0.15) is 0 Å². The third-order valence-corrected chi connectivity index (χ3v) is 3.99. The molecule has 3 atom stereocenters. The van der Waals surface area contributed by atoms with E-state index in [0.717, 1.165) is 25.8 Å². The molecule has 0 aromatic carbocycles. The summed E-state index contributed by atoms with van der Waals surface area (Å²) in [7, 11) is 0. The number of amides is 2. The van der Waals surface area contributed by atoms with Gasteiger partial charge in [-0.25, -0.2) is 0 Å². The molecule has 0 saturated carbocycles. The highest BCUT2D eigenvalue weighted by Gasteiger charge is 2.45. The molecule has 2 saturated heterocycles. The molecule has 2 heterocycles. The Kier molecular flexibility index (Phi) is 3.60. The number of rotatable bonds is 2. The van der Waals surface area contributed by atoms with Crippen LogP contribution in [-0.4, -0.2) is 46.3 Å². The van der Waals surface area contributed by atoms with Crippen LogP contribution in [0, 0.1) is 12.3 Å². The van der Waals surface area contributed by atoms with Crippen molar-refractivity contribution in [2.45, 2.75) is 57.7 Å². The molecule has 2 aliphatic heterocycles. The van der Waals surface area contributed by atoms with Crippen molar-refractivity contribution in [3.05, 3.63) is 0 Å². The van der Waals surface area contributed by atoms with E-state index in [1.807, 2.05) is 6.92 Å². The van der Waals surface area contributed by atoms with Crippen LogP contribution in [0.3, 0.4) is 0 Å². The largest absolute Gasteiger partial charge is 0.329 e. The Bertz CT molecular complexity index is 399. The SMILES string of the molecule is C#CCC(C)N1C(=O)C2CCCCN2C(=O)C1C. The van der Waals surface area contributed by atoms with Crippen LogP contribution < -0.4 is 0 Å². The first-order chi connectivity index (χ1) is 8.57. The maximum absolute atomic E-state index is 12.5. The van der Waals surface area contributed by atoms with Crippen LogP contribution in [-0.2, 0) is 9.59 Å². The highest BCUT2D eigenvalue weighted by molar-refractivity contribution is 5.97. The number of hydrogen-bond acceptors (Lipinski definition) is 2. The lowest BCUT2D eigenvalue weighted by Gasteiger charge is -2.47. The Morgan fingerprint density at radius 1 is 1.39 bits per heavy atom. The summed E-state index contributed by atoms with van der Waals surface area (Å²) in [4.78, 5) is 28.2. The van der Waals surface area contributed by atoms with Crippen LogP contribution in [0.25, 0.3) is 0 Å². The second-order valence-electron chi connectivity index (χ2n) is 5.22. The van der Waals surface area contributed by atoms with Gasteiger partial charge in [-0.15, -0.1) is 12.3 Å². The summed E-state index contributed by atoms with van der Waals surface area (Å²) < 4.78 is 0. The van der Waals surface area contributed by atoms with E-state index in [2.05, 4.69) is 5.92 Å². The van der Waals surface area contributed by atoms with Crippen molar-refractivity contribution in [3.8, 4) is 12.3 Å². The Morgan fingerprint density at radius 2 is 2.11 bits per heavy atom. The van der Waals surface area contributed by atoms with Crippen molar-refractivity contribution in [1.82, 2.24) is 9.80 Å². The molecular formula is C14H20N2O2. The number of carbonyl (C=O) groups excluding carboxylic acids is 2. The fourth-order valence-corrected chi connectivity index (χ4v) is 3.04. The molecule has 0 bridgehead atoms. The minimum absolute atomic E-state index is 0.0643. The standard InChI is InChI=1S/C14H20N2O2/c1-4-7-10(2)16-11(3)13(17)15-9-6-5-8-12(15)14(16)18/h1,10-12H,5-9H2,2-3H3. The number of piperazine rings is 1. The Hall–Kier alpha value is -1.50. The minimum atomic E-state index is -0.379. The normalized spacial score (nSPS) is 29.8. The Morgan fingerprint density at radius 3 is 2.78 bits per heavy atom. The molecule has 0 aromatic rings. The molecule has 0 N–H and O–H groups in total. The molecule has 2 aliphatic rings. The van der Waals surface area contributed by atoms with Crippen molar-refractivity contribution < 1.29 is 9.59 Å². The van der Waals surface area contributed by atoms with E-state index in [4.69, 9.17) is 6.42 Å². The van der Waals surface area contributed by atoms with Crippen molar-refractivity contribution in [3.63, 3.8) is 0 Å². The molecule has 0 aromatic heterocycles. The van der Waals surface area contributed by atoms with Crippen LogP contribution in [0.4, 0.5) is 0 Å². The molecule has 0 spiro atoms. The van der Waals surface area contributed by atoms with Crippen molar-refractivity contribution in [2.24, 2.45) is 0 Å². The quantitative estimate of drug-likeness (QED) is 0.684. The van der Waals surface area contributed by atoms with Gasteiger partial charge in [0.25, 0.3) is 0 Å². The Balaban J connectivity index is 2.24. The number of nitrogens with zero attached hydrogens (tertiary/aromatic N) is 2. The number of carbonyl (C=O) groups is 2. The average Bonchev–Trinajstić information content (AvgIpc) is 2.37. The third kappa shape index (κ3) is 1.98. The molecule has 4 nitrogen and oxygen atoms in total. The van der Waals surface area contributed by atoms with E-state index < -0.39 is 0 Å². The molecule has 98 valence electrons. The van der Waals surface area contributed by atoms with Gasteiger partial charge in [-0.1, -0.05) is 0 Å². The van der Waals surface area contributed by atoms with Crippen LogP contribution in [0.1, 0.15) is 39.5 Å². The molecule has 4 heteroatoms. The fourth-order valence-electron chi connectivity index (χ4n) is 3.04. The molecule has 2 rings (SSSR count). The second-order valence-corrected chi connectivity index (χ2v) is 5.22. The molecule has 0 aliphatic carbocycles.